The van der Waals surface area contributed by atoms with Crippen LogP contribution < -0.4 is 10.9 Å². The van der Waals surface area contributed by atoms with Crippen molar-refractivity contribution in [3.8, 4) is 0 Å². The molecule has 0 aliphatic heterocycles. The Bertz CT molecular complexity index is 1220. The van der Waals surface area contributed by atoms with E-state index in [1.54, 1.807) is 30.9 Å². The maximum atomic E-state index is 12.4. The van der Waals surface area contributed by atoms with Gasteiger partial charge in [-0.1, -0.05) is 18.2 Å². The summed E-state index contributed by atoms with van der Waals surface area (Å²) < 4.78 is 3.31. The summed E-state index contributed by atoms with van der Waals surface area (Å²) in [4.78, 5) is 33.6. The smallest absolute Gasteiger partial charge is 0.274 e. The zero-order valence-corrected chi connectivity index (χ0v) is 15.7. The zero-order valence-electron chi connectivity index (χ0n) is 15.7. The average Bonchev–Trinajstić information content (AvgIpc) is 3.13. The van der Waals surface area contributed by atoms with Gasteiger partial charge >= 0.3 is 0 Å². The Hall–Kier alpha value is -3.55. The number of pyridine rings is 1. The van der Waals surface area contributed by atoms with Gasteiger partial charge < -0.3 is 9.88 Å². The lowest BCUT2D eigenvalue weighted by Crippen LogP contribution is -2.32. The van der Waals surface area contributed by atoms with Crippen molar-refractivity contribution in [2.24, 2.45) is 0 Å². The molecule has 4 aromatic rings. The molecule has 0 saturated carbocycles. The van der Waals surface area contributed by atoms with Crippen molar-refractivity contribution in [1.29, 1.82) is 0 Å². The van der Waals surface area contributed by atoms with Crippen LogP contribution in [0.5, 0.6) is 0 Å². The first-order valence-electron chi connectivity index (χ1n) is 9.10. The molecule has 1 N–H and O–H groups in total. The normalized spacial score (nSPS) is 11.4. The van der Waals surface area contributed by atoms with Crippen LogP contribution in [0.25, 0.3) is 21.9 Å². The second kappa shape index (κ2) is 7.22. The number of benzene rings is 1. The molecular weight excluding hydrogens is 356 g/mol. The van der Waals surface area contributed by atoms with Gasteiger partial charge in [0.15, 0.2) is 5.65 Å². The molecule has 4 rings (SSSR count). The summed E-state index contributed by atoms with van der Waals surface area (Å²) in [5, 5.41) is 8.38. The highest BCUT2D eigenvalue weighted by molar-refractivity contribution is 5.96. The molecule has 0 fully saturated rings. The maximum absolute atomic E-state index is 12.4. The van der Waals surface area contributed by atoms with Gasteiger partial charge in [0.2, 0.25) is 0 Å². The monoisotopic (exact) mass is 376 g/mol. The fraction of sp³-hybridized carbons (Fsp3) is 0.250. The van der Waals surface area contributed by atoms with Gasteiger partial charge in [0.25, 0.3) is 11.5 Å². The van der Waals surface area contributed by atoms with Crippen molar-refractivity contribution < 1.29 is 4.79 Å². The first kappa shape index (κ1) is 17.8. The number of amides is 1. The molecule has 1 aromatic carbocycles. The number of aromatic nitrogens is 5. The van der Waals surface area contributed by atoms with Crippen LogP contribution in [0.2, 0.25) is 0 Å². The predicted octanol–water partition coefficient (Wildman–Crippen LogP) is 2.15. The molecule has 8 nitrogen and oxygen atoms in total. The Morgan fingerprint density at radius 1 is 1.18 bits per heavy atom. The first-order chi connectivity index (χ1) is 13.5. The third-order valence-corrected chi connectivity index (χ3v) is 4.60. The van der Waals surface area contributed by atoms with Gasteiger partial charge in [-0.2, -0.15) is 5.10 Å². The predicted molar refractivity (Wildman–Crippen MR) is 106 cm³/mol. The molecule has 0 aliphatic rings. The van der Waals surface area contributed by atoms with Crippen LogP contribution >= 0.6 is 0 Å². The largest absolute Gasteiger partial charge is 0.350 e. The van der Waals surface area contributed by atoms with Crippen molar-refractivity contribution in [3.05, 3.63) is 65.0 Å². The summed E-state index contributed by atoms with van der Waals surface area (Å²) in [5.74, 6) is -0.262. The summed E-state index contributed by atoms with van der Waals surface area (Å²) in [6.45, 7) is 4.66. The summed E-state index contributed by atoms with van der Waals surface area (Å²) in [6, 6.07) is 9.26. The zero-order chi connectivity index (χ0) is 19.7. The minimum Gasteiger partial charge on any atom is -0.350 e. The fourth-order valence-corrected chi connectivity index (χ4v) is 3.09. The van der Waals surface area contributed by atoms with Gasteiger partial charge in [-0.15, -0.1) is 0 Å². The van der Waals surface area contributed by atoms with Crippen LogP contribution in [0, 0.1) is 0 Å². The molecule has 0 spiro atoms. The molecule has 0 radical (unpaired) electrons. The molecule has 0 bridgehead atoms. The lowest BCUT2D eigenvalue weighted by atomic mass is 10.2. The van der Waals surface area contributed by atoms with E-state index in [2.05, 4.69) is 20.4 Å². The SMILES string of the molecule is CC(C)n1cnc2cc(C(=O)NCCn3ncc4ccccc4c3=O)cnc21. The lowest BCUT2D eigenvalue weighted by molar-refractivity contribution is 0.0951. The van der Waals surface area contributed by atoms with Crippen molar-refractivity contribution >= 4 is 27.8 Å². The van der Waals surface area contributed by atoms with Gasteiger partial charge in [-0.3, -0.25) is 9.59 Å². The van der Waals surface area contributed by atoms with Crippen molar-refractivity contribution in [2.75, 3.05) is 6.54 Å². The van der Waals surface area contributed by atoms with Crippen molar-refractivity contribution in [3.63, 3.8) is 0 Å². The number of fused-ring (bicyclic) bond motifs is 2. The molecule has 3 aromatic heterocycles. The van der Waals surface area contributed by atoms with Crippen LogP contribution in [0.15, 0.2) is 53.8 Å². The number of hydrogen-bond donors (Lipinski definition) is 1. The average molecular weight is 376 g/mol. The quantitative estimate of drug-likeness (QED) is 0.576. The highest BCUT2D eigenvalue weighted by atomic mass is 16.2. The number of rotatable bonds is 5. The number of hydrogen-bond acceptors (Lipinski definition) is 5. The van der Waals surface area contributed by atoms with Gasteiger partial charge in [-0.05, 0) is 26.0 Å². The molecule has 28 heavy (non-hydrogen) atoms. The lowest BCUT2D eigenvalue weighted by Gasteiger charge is -2.09. The third-order valence-electron chi connectivity index (χ3n) is 4.60. The standard InChI is InChI=1S/C20H20N6O2/c1-13(2)25-12-23-17-9-15(10-22-18(17)25)19(27)21-7-8-26-20(28)16-6-4-3-5-14(16)11-24-26/h3-6,9-13H,7-8H2,1-2H3,(H,21,27). The van der Waals surface area contributed by atoms with Gasteiger partial charge in [0.1, 0.15) is 5.52 Å². The van der Waals surface area contributed by atoms with E-state index in [4.69, 9.17) is 0 Å². The summed E-state index contributed by atoms with van der Waals surface area (Å²) in [7, 11) is 0. The summed E-state index contributed by atoms with van der Waals surface area (Å²) in [6.07, 6.45) is 4.92. The number of nitrogens with one attached hydrogen (secondary N) is 1. The minimum absolute atomic E-state index is 0.172. The van der Waals surface area contributed by atoms with E-state index in [9.17, 15) is 9.59 Å². The Labute approximate surface area is 160 Å². The minimum atomic E-state index is -0.262. The molecule has 142 valence electrons. The molecule has 0 aliphatic carbocycles. The fourth-order valence-electron chi connectivity index (χ4n) is 3.09. The highest BCUT2D eigenvalue weighted by Crippen LogP contribution is 2.16. The number of imidazole rings is 1. The first-order valence-corrected chi connectivity index (χ1v) is 9.10. The van der Waals surface area contributed by atoms with Gasteiger partial charge in [0.05, 0.1) is 30.0 Å². The van der Waals surface area contributed by atoms with Gasteiger partial charge in [-0.25, -0.2) is 14.6 Å². The van der Waals surface area contributed by atoms with Crippen LogP contribution in [-0.2, 0) is 6.54 Å². The molecule has 0 unspecified atom stereocenters. The van der Waals surface area contributed by atoms with E-state index in [0.717, 1.165) is 11.0 Å². The van der Waals surface area contributed by atoms with Crippen LogP contribution in [-0.4, -0.2) is 36.8 Å². The topological polar surface area (TPSA) is 94.7 Å². The van der Waals surface area contributed by atoms with E-state index >= 15 is 0 Å². The summed E-state index contributed by atoms with van der Waals surface area (Å²) in [5.41, 5.74) is 1.68. The summed E-state index contributed by atoms with van der Waals surface area (Å²) >= 11 is 0. The highest BCUT2D eigenvalue weighted by Gasteiger charge is 2.12. The second-order valence-corrected chi connectivity index (χ2v) is 6.83. The molecular formula is C20H20N6O2. The van der Waals surface area contributed by atoms with Crippen molar-refractivity contribution in [2.45, 2.75) is 26.4 Å². The molecule has 8 heteroatoms. The third kappa shape index (κ3) is 3.24. The van der Waals surface area contributed by atoms with E-state index in [1.807, 2.05) is 36.6 Å². The Kier molecular flexibility index (Phi) is 4.60. The van der Waals surface area contributed by atoms with E-state index < -0.39 is 0 Å². The molecule has 1 amide bonds. The van der Waals surface area contributed by atoms with Gasteiger partial charge in [0, 0.05) is 24.2 Å². The second-order valence-electron chi connectivity index (χ2n) is 6.83. The van der Waals surface area contributed by atoms with Crippen molar-refractivity contribution in [1.82, 2.24) is 29.6 Å². The van der Waals surface area contributed by atoms with E-state index in [1.165, 1.54) is 4.68 Å². The van der Waals surface area contributed by atoms with Crippen LogP contribution in [0.4, 0.5) is 0 Å². The Balaban J connectivity index is 1.45. The Morgan fingerprint density at radius 2 is 2.00 bits per heavy atom. The maximum Gasteiger partial charge on any atom is 0.274 e. The number of carbonyl (C=O) groups is 1. The van der Waals surface area contributed by atoms with Crippen LogP contribution in [0.3, 0.4) is 0 Å². The van der Waals surface area contributed by atoms with E-state index in [0.29, 0.717) is 16.5 Å². The molecule has 0 saturated heterocycles. The molecule has 3 heterocycles. The number of carbonyl (C=O) groups excluding carboxylic acids is 1. The van der Waals surface area contributed by atoms with E-state index in [-0.39, 0.29) is 30.6 Å². The number of nitrogens with zero attached hydrogens (tertiary/aromatic N) is 5. The van der Waals surface area contributed by atoms with Crippen LogP contribution in [0.1, 0.15) is 30.2 Å². The Morgan fingerprint density at radius 3 is 2.82 bits per heavy atom. The molecule has 0 atom stereocenters.